The van der Waals surface area contributed by atoms with E-state index in [1.54, 1.807) is 24.3 Å². The molecule has 0 saturated carbocycles. The summed E-state index contributed by atoms with van der Waals surface area (Å²) < 4.78 is 11.4. The number of hydrazone groups is 2. The van der Waals surface area contributed by atoms with Crippen LogP contribution in [0.1, 0.15) is 17.9 Å². The standard InChI is InChI=1S/C13H10Br2N4O4/c14-10-3-1-8(22-10)6-16-18-12(20)5-13(21)19-17-7-9-2-4-11(15)23-9/h1-4,6-7H,5H2,(H,18,20)(H,19,21)/b16-6-,17-7-. The summed E-state index contributed by atoms with van der Waals surface area (Å²) in [5.74, 6) is -0.257. The van der Waals surface area contributed by atoms with Gasteiger partial charge in [-0.3, -0.25) is 9.59 Å². The van der Waals surface area contributed by atoms with Crippen LogP contribution in [0.25, 0.3) is 0 Å². The summed E-state index contributed by atoms with van der Waals surface area (Å²) in [5.41, 5.74) is 4.40. The van der Waals surface area contributed by atoms with Crippen molar-refractivity contribution in [1.29, 1.82) is 0 Å². The van der Waals surface area contributed by atoms with Gasteiger partial charge in [0.1, 0.15) is 17.9 Å². The van der Waals surface area contributed by atoms with Gasteiger partial charge in [0.2, 0.25) is 11.8 Å². The number of hydrogen-bond donors (Lipinski definition) is 2. The smallest absolute Gasteiger partial charge is 0.249 e. The van der Waals surface area contributed by atoms with Crippen LogP contribution in [0.15, 0.2) is 52.6 Å². The van der Waals surface area contributed by atoms with Gasteiger partial charge in [-0.1, -0.05) is 0 Å². The molecule has 2 aromatic rings. The monoisotopic (exact) mass is 444 g/mol. The van der Waals surface area contributed by atoms with E-state index in [0.717, 1.165) is 0 Å². The third-order valence-electron chi connectivity index (χ3n) is 2.27. The average Bonchev–Trinajstić information content (AvgIpc) is 3.07. The van der Waals surface area contributed by atoms with Crippen molar-refractivity contribution in [2.24, 2.45) is 10.2 Å². The Morgan fingerprint density at radius 2 is 1.35 bits per heavy atom. The number of nitrogens with one attached hydrogen (secondary N) is 2. The van der Waals surface area contributed by atoms with Gasteiger partial charge in [0, 0.05) is 0 Å². The molecule has 0 aromatic carbocycles. The van der Waals surface area contributed by atoms with Crippen LogP contribution in [0.4, 0.5) is 0 Å². The Hall–Kier alpha value is -2.20. The Labute approximate surface area is 147 Å². The lowest BCUT2D eigenvalue weighted by molar-refractivity contribution is -0.129. The fourth-order valence-corrected chi connectivity index (χ4v) is 1.99. The van der Waals surface area contributed by atoms with E-state index in [4.69, 9.17) is 8.83 Å². The molecule has 2 amide bonds. The highest BCUT2D eigenvalue weighted by atomic mass is 79.9. The van der Waals surface area contributed by atoms with Crippen molar-refractivity contribution in [3.05, 3.63) is 45.1 Å². The maximum Gasteiger partial charge on any atom is 0.249 e. The summed E-state index contributed by atoms with van der Waals surface area (Å²) >= 11 is 6.27. The molecule has 0 radical (unpaired) electrons. The Balaban J connectivity index is 1.71. The lowest BCUT2D eigenvalue weighted by Gasteiger charge is -1.98. The summed E-state index contributed by atoms with van der Waals surface area (Å²) in [5, 5.41) is 7.32. The van der Waals surface area contributed by atoms with Gasteiger partial charge in [-0.15, -0.1) is 0 Å². The lowest BCUT2D eigenvalue weighted by atomic mass is 10.4. The summed E-state index contributed by atoms with van der Waals surface area (Å²) in [6, 6.07) is 6.70. The maximum atomic E-state index is 11.5. The Morgan fingerprint density at radius 3 is 1.70 bits per heavy atom. The second kappa shape index (κ2) is 8.44. The molecule has 120 valence electrons. The largest absolute Gasteiger partial charge is 0.448 e. The first-order valence-corrected chi connectivity index (χ1v) is 7.76. The van der Waals surface area contributed by atoms with Crippen molar-refractivity contribution >= 4 is 56.1 Å². The molecule has 2 heterocycles. The highest BCUT2D eigenvalue weighted by Crippen LogP contribution is 2.12. The molecule has 2 aromatic heterocycles. The minimum Gasteiger partial charge on any atom is -0.448 e. The second-order valence-corrected chi connectivity index (χ2v) is 5.61. The minimum atomic E-state index is -0.583. The number of rotatable bonds is 6. The van der Waals surface area contributed by atoms with Crippen molar-refractivity contribution < 1.29 is 18.4 Å². The van der Waals surface area contributed by atoms with Gasteiger partial charge in [0.25, 0.3) is 0 Å². The second-order valence-electron chi connectivity index (χ2n) is 4.05. The molecule has 0 bridgehead atoms. The Morgan fingerprint density at radius 1 is 0.913 bits per heavy atom. The summed E-state index contributed by atoms with van der Waals surface area (Å²) in [7, 11) is 0. The zero-order valence-electron chi connectivity index (χ0n) is 11.5. The third kappa shape index (κ3) is 6.20. The van der Waals surface area contributed by atoms with Gasteiger partial charge >= 0.3 is 0 Å². The fraction of sp³-hybridized carbons (Fsp3) is 0.0769. The predicted molar refractivity (Wildman–Crippen MR) is 88.9 cm³/mol. The van der Waals surface area contributed by atoms with Crippen LogP contribution in [-0.2, 0) is 9.59 Å². The number of carbonyl (C=O) groups is 2. The van der Waals surface area contributed by atoms with Gasteiger partial charge in [-0.2, -0.15) is 10.2 Å². The van der Waals surface area contributed by atoms with E-state index >= 15 is 0 Å². The van der Waals surface area contributed by atoms with E-state index < -0.39 is 18.2 Å². The summed E-state index contributed by atoms with van der Waals surface area (Å²) in [6.45, 7) is 0. The SMILES string of the molecule is O=C(CC(=O)N/N=C\c1ccc(Br)o1)N/N=C\c1ccc(Br)o1. The molecule has 10 heteroatoms. The van der Waals surface area contributed by atoms with E-state index in [1.807, 2.05) is 0 Å². The number of furan rings is 2. The molecule has 23 heavy (non-hydrogen) atoms. The summed E-state index contributed by atoms with van der Waals surface area (Å²) in [4.78, 5) is 23.0. The molecule has 0 aliphatic heterocycles. The van der Waals surface area contributed by atoms with Crippen LogP contribution in [0.3, 0.4) is 0 Å². The molecule has 2 rings (SSSR count). The fourth-order valence-electron chi connectivity index (χ4n) is 1.36. The lowest BCUT2D eigenvalue weighted by Crippen LogP contribution is -2.27. The Bertz CT molecular complexity index is 688. The molecule has 2 N–H and O–H groups in total. The molecule has 0 unspecified atom stereocenters. The molecular formula is C13H10Br2N4O4. The van der Waals surface area contributed by atoms with E-state index in [2.05, 4.69) is 52.9 Å². The predicted octanol–water partition coefficient (Wildman–Crippen LogP) is 2.39. The van der Waals surface area contributed by atoms with E-state index in [9.17, 15) is 9.59 Å². The molecule has 0 fully saturated rings. The maximum absolute atomic E-state index is 11.5. The first-order valence-electron chi connectivity index (χ1n) is 6.17. The topological polar surface area (TPSA) is 109 Å². The van der Waals surface area contributed by atoms with Gasteiger partial charge in [-0.25, -0.2) is 10.9 Å². The van der Waals surface area contributed by atoms with Gasteiger partial charge in [0.15, 0.2) is 9.34 Å². The molecular weight excluding hydrogens is 436 g/mol. The third-order valence-corrected chi connectivity index (χ3v) is 3.12. The first-order chi connectivity index (χ1) is 11.0. The van der Waals surface area contributed by atoms with Crippen LogP contribution < -0.4 is 10.9 Å². The van der Waals surface area contributed by atoms with E-state index in [1.165, 1.54) is 12.4 Å². The van der Waals surface area contributed by atoms with Crippen molar-refractivity contribution in [2.75, 3.05) is 0 Å². The zero-order valence-corrected chi connectivity index (χ0v) is 14.6. The number of amides is 2. The molecule has 0 spiro atoms. The number of hydrogen-bond acceptors (Lipinski definition) is 6. The van der Waals surface area contributed by atoms with Crippen LogP contribution in [0, 0.1) is 0 Å². The van der Waals surface area contributed by atoms with E-state index in [0.29, 0.717) is 20.9 Å². The van der Waals surface area contributed by atoms with Crippen molar-refractivity contribution in [3.63, 3.8) is 0 Å². The van der Waals surface area contributed by atoms with Crippen molar-refractivity contribution in [2.45, 2.75) is 6.42 Å². The molecule has 0 atom stereocenters. The van der Waals surface area contributed by atoms with Gasteiger partial charge < -0.3 is 8.83 Å². The van der Waals surface area contributed by atoms with Crippen molar-refractivity contribution in [3.8, 4) is 0 Å². The highest BCUT2D eigenvalue weighted by Gasteiger charge is 2.07. The first kappa shape index (κ1) is 17.2. The minimum absolute atomic E-state index is 0.418. The molecule has 8 nitrogen and oxygen atoms in total. The number of nitrogens with zero attached hydrogens (tertiary/aromatic N) is 2. The van der Waals surface area contributed by atoms with Gasteiger partial charge in [0.05, 0.1) is 12.4 Å². The highest BCUT2D eigenvalue weighted by molar-refractivity contribution is 9.10. The zero-order chi connectivity index (χ0) is 16.7. The molecule has 0 saturated heterocycles. The summed E-state index contributed by atoms with van der Waals surface area (Å²) in [6.07, 6.45) is 2.21. The Kier molecular flexibility index (Phi) is 6.29. The average molecular weight is 446 g/mol. The van der Waals surface area contributed by atoms with Crippen LogP contribution in [0.5, 0.6) is 0 Å². The van der Waals surface area contributed by atoms with Crippen LogP contribution in [-0.4, -0.2) is 24.2 Å². The molecule has 0 aliphatic carbocycles. The normalized spacial score (nSPS) is 11.2. The quantitative estimate of drug-likeness (QED) is 0.404. The van der Waals surface area contributed by atoms with Crippen LogP contribution >= 0.6 is 31.9 Å². The molecule has 0 aliphatic rings. The van der Waals surface area contributed by atoms with E-state index in [-0.39, 0.29) is 0 Å². The van der Waals surface area contributed by atoms with Gasteiger partial charge in [-0.05, 0) is 56.1 Å². The number of carbonyl (C=O) groups excluding carboxylic acids is 2. The van der Waals surface area contributed by atoms with Crippen molar-refractivity contribution in [1.82, 2.24) is 10.9 Å². The van der Waals surface area contributed by atoms with Crippen LogP contribution in [0.2, 0.25) is 0 Å². The number of halogens is 2.